The van der Waals surface area contributed by atoms with Gasteiger partial charge >= 0.3 is 0 Å². The Hall–Kier alpha value is -3.22. The van der Waals surface area contributed by atoms with E-state index in [0.717, 1.165) is 27.7 Å². The Bertz CT molecular complexity index is 1170. The summed E-state index contributed by atoms with van der Waals surface area (Å²) in [6, 6.07) is 11.1. The first-order chi connectivity index (χ1) is 14.7. The van der Waals surface area contributed by atoms with Gasteiger partial charge in [0.25, 0.3) is 6.01 Å². The number of imidazole rings is 1. The molecule has 0 unspecified atom stereocenters. The van der Waals surface area contributed by atoms with Crippen molar-refractivity contribution in [3.63, 3.8) is 0 Å². The molecule has 0 radical (unpaired) electrons. The maximum Gasteiger partial charge on any atom is 0.295 e. The maximum atomic E-state index is 6.00. The van der Waals surface area contributed by atoms with Crippen LogP contribution in [0, 0.1) is 0 Å². The summed E-state index contributed by atoms with van der Waals surface area (Å²) >= 11 is 0. The summed E-state index contributed by atoms with van der Waals surface area (Å²) < 4.78 is 18.9. The van der Waals surface area contributed by atoms with Crippen LogP contribution in [-0.4, -0.2) is 34.8 Å². The standard InChI is InChI=1S/C23H26N4O3/c1-28-21-11-18-19(12-22(21)29-2)27(14-24-18)13-15-8-9-17-20(10-15)30-23(26-17)25-16-6-4-3-5-7-16/h8-12,14,16H,3-7,13H2,1-2H3,(H,25,26). The Kier molecular flexibility index (Phi) is 4.94. The molecule has 2 aromatic heterocycles. The van der Waals surface area contributed by atoms with Gasteiger partial charge in [-0.05, 0) is 30.5 Å². The van der Waals surface area contributed by atoms with Crippen LogP contribution in [0.15, 0.2) is 41.1 Å². The summed E-state index contributed by atoms with van der Waals surface area (Å²) in [7, 11) is 3.27. The van der Waals surface area contributed by atoms with Crippen LogP contribution in [0.5, 0.6) is 11.5 Å². The molecule has 2 heterocycles. The highest BCUT2D eigenvalue weighted by Gasteiger charge is 2.16. The van der Waals surface area contributed by atoms with Gasteiger partial charge in [-0.25, -0.2) is 4.98 Å². The number of benzene rings is 2. The molecule has 5 rings (SSSR count). The Morgan fingerprint density at radius 1 is 1.03 bits per heavy atom. The minimum Gasteiger partial charge on any atom is -0.493 e. The summed E-state index contributed by atoms with van der Waals surface area (Å²) in [5, 5.41) is 3.46. The van der Waals surface area contributed by atoms with Crippen molar-refractivity contribution in [3.05, 3.63) is 42.2 Å². The van der Waals surface area contributed by atoms with Gasteiger partial charge in [-0.3, -0.25) is 0 Å². The van der Waals surface area contributed by atoms with Crippen LogP contribution in [0.3, 0.4) is 0 Å². The van der Waals surface area contributed by atoms with Crippen molar-refractivity contribution in [3.8, 4) is 11.5 Å². The third-order valence-corrected chi connectivity index (χ3v) is 5.86. The third kappa shape index (κ3) is 3.56. The maximum absolute atomic E-state index is 6.00. The topological polar surface area (TPSA) is 74.3 Å². The molecule has 0 atom stereocenters. The van der Waals surface area contributed by atoms with Gasteiger partial charge in [-0.2, -0.15) is 4.98 Å². The summed E-state index contributed by atoms with van der Waals surface area (Å²) in [5.41, 5.74) is 4.66. The molecule has 2 aromatic carbocycles. The summed E-state index contributed by atoms with van der Waals surface area (Å²) in [4.78, 5) is 9.12. The number of fused-ring (bicyclic) bond motifs is 2. The first kappa shape index (κ1) is 18.8. The fourth-order valence-electron chi connectivity index (χ4n) is 4.26. The van der Waals surface area contributed by atoms with Gasteiger partial charge in [-0.1, -0.05) is 25.3 Å². The normalized spacial score (nSPS) is 15.0. The average Bonchev–Trinajstić information content (AvgIpc) is 3.36. The Labute approximate surface area is 175 Å². The van der Waals surface area contributed by atoms with Crippen LogP contribution in [-0.2, 0) is 6.54 Å². The lowest BCUT2D eigenvalue weighted by Crippen LogP contribution is -2.22. The number of nitrogens with zero attached hydrogens (tertiary/aromatic N) is 3. The van der Waals surface area contributed by atoms with Gasteiger partial charge in [0.05, 0.1) is 31.6 Å². The molecule has 7 heteroatoms. The summed E-state index contributed by atoms with van der Waals surface area (Å²) in [6.45, 7) is 0.675. The van der Waals surface area contributed by atoms with Gasteiger partial charge in [-0.15, -0.1) is 0 Å². The average molecular weight is 406 g/mol. The number of aromatic nitrogens is 3. The number of ether oxygens (including phenoxy) is 2. The van der Waals surface area contributed by atoms with Crippen molar-refractivity contribution in [2.75, 3.05) is 19.5 Å². The van der Waals surface area contributed by atoms with Crippen LogP contribution >= 0.6 is 0 Å². The van der Waals surface area contributed by atoms with E-state index in [9.17, 15) is 0 Å². The van der Waals surface area contributed by atoms with E-state index in [2.05, 4.69) is 32.0 Å². The molecule has 1 fully saturated rings. The molecule has 7 nitrogen and oxygen atoms in total. The number of hydrogen-bond acceptors (Lipinski definition) is 6. The minimum absolute atomic E-state index is 0.468. The molecule has 0 aliphatic heterocycles. The van der Waals surface area contributed by atoms with E-state index in [0.29, 0.717) is 30.1 Å². The van der Waals surface area contributed by atoms with Gasteiger partial charge in [0.15, 0.2) is 17.1 Å². The molecule has 4 aromatic rings. The van der Waals surface area contributed by atoms with E-state index < -0.39 is 0 Å². The second-order valence-electron chi connectivity index (χ2n) is 7.87. The fraction of sp³-hybridized carbons (Fsp3) is 0.391. The van der Waals surface area contributed by atoms with Crippen molar-refractivity contribution in [1.82, 2.24) is 14.5 Å². The molecular weight excluding hydrogens is 380 g/mol. The quantitative estimate of drug-likeness (QED) is 0.486. The number of anilines is 1. The second-order valence-corrected chi connectivity index (χ2v) is 7.87. The Morgan fingerprint density at radius 2 is 1.83 bits per heavy atom. The molecule has 156 valence electrons. The molecule has 1 N–H and O–H groups in total. The monoisotopic (exact) mass is 406 g/mol. The first-order valence-electron chi connectivity index (χ1n) is 10.5. The van der Waals surface area contributed by atoms with Crippen LogP contribution in [0.4, 0.5) is 6.01 Å². The number of nitrogens with one attached hydrogen (secondary N) is 1. The Morgan fingerprint density at radius 3 is 2.63 bits per heavy atom. The van der Waals surface area contributed by atoms with Gasteiger partial charge in [0, 0.05) is 24.7 Å². The van der Waals surface area contributed by atoms with Crippen molar-refractivity contribution < 1.29 is 13.9 Å². The Balaban J connectivity index is 1.40. The van der Waals surface area contributed by atoms with E-state index in [-0.39, 0.29) is 0 Å². The van der Waals surface area contributed by atoms with Gasteiger partial charge in [0.2, 0.25) is 0 Å². The molecule has 0 saturated heterocycles. The van der Waals surface area contributed by atoms with Crippen molar-refractivity contribution in [1.29, 1.82) is 0 Å². The number of rotatable bonds is 6. The lowest BCUT2D eigenvalue weighted by atomic mass is 9.96. The van der Waals surface area contributed by atoms with E-state index in [4.69, 9.17) is 13.9 Å². The van der Waals surface area contributed by atoms with E-state index >= 15 is 0 Å². The van der Waals surface area contributed by atoms with Crippen LogP contribution < -0.4 is 14.8 Å². The molecule has 1 aliphatic rings. The summed E-state index contributed by atoms with van der Waals surface area (Å²) in [6.07, 6.45) is 8.09. The minimum atomic E-state index is 0.468. The third-order valence-electron chi connectivity index (χ3n) is 5.86. The number of methoxy groups -OCH3 is 2. The number of hydrogen-bond donors (Lipinski definition) is 1. The number of oxazole rings is 1. The smallest absolute Gasteiger partial charge is 0.295 e. The fourth-order valence-corrected chi connectivity index (χ4v) is 4.26. The van der Waals surface area contributed by atoms with Crippen LogP contribution in [0.2, 0.25) is 0 Å². The van der Waals surface area contributed by atoms with E-state index in [1.807, 2.05) is 24.5 Å². The molecule has 0 spiro atoms. The SMILES string of the molecule is COc1cc2ncn(Cc3ccc4nc(NC5CCCCC5)oc4c3)c2cc1OC. The zero-order valence-corrected chi connectivity index (χ0v) is 17.4. The van der Waals surface area contributed by atoms with Crippen LogP contribution in [0.1, 0.15) is 37.7 Å². The van der Waals surface area contributed by atoms with E-state index in [1.54, 1.807) is 14.2 Å². The highest BCUT2D eigenvalue weighted by Crippen LogP contribution is 2.32. The van der Waals surface area contributed by atoms with Crippen molar-refractivity contribution in [2.45, 2.75) is 44.7 Å². The predicted molar refractivity (Wildman–Crippen MR) is 116 cm³/mol. The van der Waals surface area contributed by atoms with Gasteiger partial charge < -0.3 is 23.8 Å². The van der Waals surface area contributed by atoms with Crippen LogP contribution in [0.25, 0.3) is 22.1 Å². The molecular formula is C23H26N4O3. The molecule has 0 bridgehead atoms. The highest BCUT2D eigenvalue weighted by molar-refractivity contribution is 5.80. The second kappa shape index (κ2) is 7.89. The molecule has 0 amide bonds. The predicted octanol–water partition coefficient (Wildman–Crippen LogP) is 4.99. The molecule has 1 saturated carbocycles. The zero-order chi connectivity index (χ0) is 20.5. The highest BCUT2D eigenvalue weighted by atomic mass is 16.5. The van der Waals surface area contributed by atoms with Gasteiger partial charge in [0.1, 0.15) is 5.52 Å². The lowest BCUT2D eigenvalue weighted by Gasteiger charge is -2.21. The first-order valence-corrected chi connectivity index (χ1v) is 10.5. The lowest BCUT2D eigenvalue weighted by molar-refractivity contribution is 0.355. The molecule has 1 aliphatic carbocycles. The zero-order valence-electron chi connectivity index (χ0n) is 17.4. The largest absolute Gasteiger partial charge is 0.493 e. The molecule has 30 heavy (non-hydrogen) atoms. The summed E-state index contributed by atoms with van der Waals surface area (Å²) in [5.74, 6) is 1.37. The van der Waals surface area contributed by atoms with Crippen molar-refractivity contribution in [2.24, 2.45) is 0 Å². The van der Waals surface area contributed by atoms with E-state index in [1.165, 1.54) is 32.1 Å². The van der Waals surface area contributed by atoms with Crippen molar-refractivity contribution >= 4 is 28.1 Å².